The van der Waals surface area contributed by atoms with E-state index >= 15 is 0 Å². The molecule has 7 heteroatoms. The second kappa shape index (κ2) is 4.69. The highest BCUT2D eigenvalue weighted by Gasteiger charge is 2.04. The minimum atomic E-state index is 0.0842. The minimum Gasteiger partial charge on any atom is -0.435 e. The van der Waals surface area contributed by atoms with E-state index in [4.69, 9.17) is 16.2 Å². The SMILES string of the molecule is CCCn1cc(Oc2cc(N)nc(N)n2)cn1. The fraction of sp³-hybridized carbons (Fsp3) is 0.300. The summed E-state index contributed by atoms with van der Waals surface area (Å²) < 4.78 is 7.27. The molecule has 0 aliphatic rings. The molecule has 0 amide bonds. The van der Waals surface area contributed by atoms with Gasteiger partial charge in [0, 0.05) is 12.6 Å². The molecule has 17 heavy (non-hydrogen) atoms. The maximum Gasteiger partial charge on any atom is 0.226 e. The summed E-state index contributed by atoms with van der Waals surface area (Å²) in [6.07, 6.45) is 4.41. The van der Waals surface area contributed by atoms with Crippen LogP contribution in [0.15, 0.2) is 18.5 Å². The highest BCUT2D eigenvalue weighted by atomic mass is 16.5. The Morgan fingerprint density at radius 1 is 1.35 bits per heavy atom. The third-order valence-electron chi connectivity index (χ3n) is 2.02. The summed E-state index contributed by atoms with van der Waals surface area (Å²) in [4.78, 5) is 7.67. The van der Waals surface area contributed by atoms with Crippen LogP contribution in [0, 0.1) is 0 Å². The van der Waals surface area contributed by atoms with Crippen LogP contribution < -0.4 is 16.2 Å². The molecular weight excluding hydrogens is 220 g/mol. The van der Waals surface area contributed by atoms with Crippen molar-refractivity contribution in [1.29, 1.82) is 0 Å². The van der Waals surface area contributed by atoms with E-state index in [1.54, 1.807) is 17.1 Å². The van der Waals surface area contributed by atoms with Crippen LogP contribution in [0.3, 0.4) is 0 Å². The van der Waals surface area contributed by atoms with Crippen molar-refractivity contribution in [3.8, 4) is 11.6 Å². The molecule has 0 fully saturated rings. The van der Waals surface area contributed by atoms with Crippen LogP contribution in [0.5, 0.6) is 11.6 Å². The maximum absolute atomic E-state index is 5.53. The van der Waals surface area contributed by atoms with E-state index in [-0.39, 0.29) is 11.8 Å². The summed E-state index contributed by atoms with van der Waals surface area (Å²) in [5, 5.41) is 4.13. The molecule has 0 aromatic carbocycles. The maximum atomic E-state index is 5.53. The molecule has 4 N–H and O–H groups in total. The van der Waals surface area contributed by atoms with Crippen LogP contribution >= 0.6 is 0 Å². The number of nitrogen functional groups attached to an aromatic ring is 2. The van der Waals surface area contributed by atoms with E-state index in [9.17, 15) is 0 Å². The van der Waals surface area contributed by atoms with Gasteiger partial charge in [-0.3, -0.25) is 4.68 Å². The fourth-order valence-corrected chi connectivity index (χ4v) is 1.38. The van der Waals surface area contributed by atoms with Crippen LogP contribution in [0.4, 0.5) is 11.8 Å². The third kappa shape index (κ3) is 2.83. The molecule has 0 aliphatic carbocycles. The van der Waals surface area contributed by atoms with Crippen molar-refractivity contribution >= 4 is 11.8 Å². The summed E-state index contributed by atoms with van der Waals surface area (Å²) >= 11 is 0. The number of ether oxygens (including phenoxy) is 1. The molecular formula is C10H14N6O. The second-order valence-corrected chi connectivity index (χ2v) is 3.53. The van der Waals surface area contributed by atoms with Gasteiger partial charge in [-0.25, -0.2) is 0 Å². The second-order valence-electron chi connectivity index (χ2n) is 3.53. The predicted molar refractivity (Wildman–Crippen MR) is 63.4 cm³/mol. The van der Waals surface area contributed by atoms with Gasteiger partial charge in [-0.1, -0.05) is 6.92 Å². The van der Waals surface area contributed by atoms with E-state index in [0.29, 0.717) is 11.6 Å². The minimum absolute atomic E-state index is 0.0842. The van der Waals surface area contributed by atoms with Crippen molar-refractivity contribution in [2.75, 3.05) is 11.5 Å². The summed E-state index contributed by atoms with van der Waals surface area (Å²) in [5.74, 6) is 1.26. The molecule has 2 heterocycles. The molecule has 0 unspecified atom stereocenters. The van der Waals surface area contributed by atoms with Gasteiger partial charge in [-0.15, -0.1) is 0 Å². The van der Waals surface area contributed by atoms with E-state index in [1.165, 1.54) is 6.07 Å². The fourth-order valence-electron chi connectivity index (χ4n) is 1.38. The molecule has 0 saturated carbocycles. The van der Waals surface area contributed by atoms with Gasteiger partial charge in [0.25, 0.3) is 0 Å². The lowest BCUT2D eigenvalue weighted by atomic mass is 10.5. The van der Waals surface area contributed by atoms with Crippen LogP contribution in [0.1, 0.15) is 13.3 Å². The normalized spacial score (nSPS) is 10.4. The molecule has 0 bridgehead atoms. The van der Waals surface area contributed by atoms with E-state index in [1.807, 2.05) is 0 Å². The standard InChI is InChI=1S/C10H14N6O/c1-2-3-16-6-7(5-13-16)17-9-4-8(11)14-10(12)15-9/h4-6H,2-3H2,1H3,(H4,11,12,14,15). The first-order chi connectivity index (χ1) is 8.17. The van der Waals surface area contributed by atoms with Gasteiger partial charge in [0.2, 0.25) is 11.8 Å². The highest BCUT2D eigenvalue weighted by Crippen LogP contribution is 2.20. The van der Waals surface area contributed by atoms with Gasteiger partial charge in [0.1, 0.15) is 5.82 Å². The first-order valence-corrected chi connectivity index (χ1v) is 5.27. The number of anilines is 2. The monoisotopic (exact) mass is 234 g/mol. The smallest absolute Gasteiger partial charge is 0.226 e. The van der Waals surface area contributed by atoms with E-state index in [0.717, 1.165) is 13.0 Å². The zero-order chi connectivity index (χ0) is 12.3. The zero-order valence-corrected chi connectivity index (χ0v) is 9.50. The van der Waals surface area contributed by atoms with Gasteiger partial charge < -0.3 is 16.2 Å². The molecule has 0 radical (unpaired) electrons. The predicted octanol–water partition coefficient (Wildman–Crippen LogP) is 1.04. The lowest BCUT2D eigenvalue weighted by Gasteiger charge is -2.03. The number of aromatic nitrogens is 4. The first-order valence-electron chi connectivity index (χ1n) is 5.27. The number of rotatable bonds is 4. The molecule has 2 rings (SSSR count). The highest BCUT2D eigenvalue weighted by molar-refractivity contribution is 5.39. The lowest BCUT2D eigenvalue weighted by molar-refractivity contribution is 0.461. The van der Waals surface area contributed by atoms with E-state index in [2.05, 4.69) is 22.0 Å². The molecule has 0 spiro atoms. The van der Waals surface area contributed by atoms with Gasteiger partial charge in [0.05, 0.1) is 12.4 Å². The Bertz CT molecular complexity index is 489. The topological polar surface area (TPSA) is 105 Å². The Morgan fingerprint density at radius 2 is 2.18 bits per heavy atom. The third-order valence-corrected chi connectivity index (χ3v) is 2.02. The Hall–Kier alpha value is -2.31. The van der Waals surface area contributed by atoms with Crippen molar-refractivity contribution in [2.45, 2.75) is 19.9 Å². The van der Waals surface area contributed by atoms with Gasteiger partial charge in [-0.05, 0) is 6.42 Å². The molecule has 7 nitrogen and oxygen atoms in total. The van der Waals surface area contributed by atoms with Crippen molar-refractivity contribution in [2.24, 2.45) is 0 Å². The quantitative estimate of drug-likeness (QED) is 0.818. The largest absolute Gasteiger partial charge is 0.435 e. The van der Waals surface area contributed by atoms with Gasteiger partial charge in [0.15, 0.2) is 5.75 Å². The van der Waals surface area contributed by atoms with Crippen LogP contribution in [0.2, 0.25) is 0 Å². The summed E-state index contributed by atoms with van der Waals surface area (Å²) in [7, 11) is 0. The van der Waals surface area contributed by atoms with Gasteiger partial charge >= 0.3 is 0 Å². The molecule has 0 saturated heterocycles. The van der Waals surface area contributed by atoms with Crippen LogP contribution in [-0.4, -0.2) is 19.7 Å². The van der Waals surface area contributed by atoms with Crippen LogP contribution in [0.25, 0.3) is 0 Å². The number of nitrogens with zero attached hydrogens (tertiary/aromatic N) is 4. The van der Waals surface area contributed by atoms with Crippen molar-refractivity contribution < 1.29 is 4.74 Å². The molecule has 2 aromatic heterocycles. The number of aryl methyl sites for hydroxylation is 1. The summed E-state index contributed by atoms with van der Waals surface area (Å²) in [5.41, 5.74) is 11.0. The van der Waals surface area contributed by atoms with Crippen molar-refractivity contribution in [3.05, 3.63) is 18.5 Å². The molecule has 0 atom stereocenters. The van der Waals surface area contributed by atoms with Crippen LogP contribution in [-0.2, 0) is 6.54 Å². The summed E-state index contributed by atoms with van der Waals surface area (Å²) in [6, 6.07) is 1.51. The Balaban J connectivity index is 2.13. The first kappa shape index (κ1) is 11.2. The average Bonchev–Trinajstić information content (AvgIpc) is 2.64. The zero-order valence-electron chi connectivity index (χ0n) is 9.50. The number of hydrogen-bond acceptors (Lipinski definition) is 6. The Morgan fingerprint density at radius 3 is 2.88 bits per heavy atom. The number of nitrogens with two attached hydrogens (primary N) is 2. The van der Waals surface area contributed by atoms with Gasteiger partial charge in [-0.2, -0.15) is 15.1 Å². The number of hydrogen-bond donors (Lipinski definition) is 2. The van der Waals surface area contributed by atoms with Crippen molar-refractivity contribution in [1.82, 2.24) is 19.7 Å². The average molecular weight is 234 g/mol. The lowest BCUT2D eigenvalue weighted by Crippen LogP contribution is -2.00. The van der Waals surface area contributed by atoms with E-state index < -0.39 is 0 Å². The summed E-state index contributed by atoms with van der Waals surface area (Å²) in [6.45, 7) is 2.92. The molecule has 2 aromatic rings. The molecule has 0 aliphatic heterocycles. The molecule has 90 valence electrons. The Labute approximate surface area is 98.4 Å². The van der Waals surface area contributed by atoms with Crippen molar-refractivity contribution in [3.63, 3.8) is 0 Å². The Kier molecular flexibility index (Phi) is 3.08.